The van der Waals surface area contributed by atoms with Gasteiger partial charge in [0, 0.05) is 54.2 Å². The standard InChI is InChI=1S/C33H36N6O5/c1-22(6-3-4-16-38-21-27(15-17-40)36-37-38)33(43)29-19-28(44-2)13-14-30(29)39(32(33)42)20-23-7-5-8-26(18-23)35-31(41)24-9-11-25(34)12-10-24/h3,5-14,18-19,21-22,40,43H,4,15-17,20,34H2,1-2H3,(H,35,41)/b6-3+/t22-,33+/m1/s1. The average molecular weight is 597 g/mol. The maximum Gasteiger partial charge on any atom is 0.264 e. The van der Waals surface area contributed by atoms with Crippen molar-refractivity contribution in [2.45, 2.75) is 38.5 Å². The molecule has 0 unspecified atom stereocenters. The number of ether oxygens (including phenoxy) is 1. The summed E-state index contributed by atoms with van der Waals surface area (Å²) in [4.78, 5) is 28.3. The Morgan fingerprint density at radius 3 is 2.70 bits per heavy atom. The smallest absolute Gasteiger partial charge is 0.264 e. The number of rotatable bonds is 12. The zero-order chi connectivity index (χ0) is 31.3. The highest BCUT2D eigenvalue weighted by atomic mass is 16.5. The Bertz CT molecular complexity index is 1670. The molecule has 0 aliphatic carbocycles. The van der Waals surface area contributed by atoms with Gasteiger partial charge in [0.25, 0.3) is 11.8 Å². The maximum absolute atomic E-state index is 14.0. The van der Waals surface area contributed by atoms with Crippen LogP contribution in [0.2, 0.25) is 0 Å². The van der Waals surface area contributed by atoms with E-state index in [2.05, 4.69) is 15.6 Å². The van der Waals surface area contributed by atoms with Crippen molar-refractivity contribution in [3.05, 3.63) is 107 Å². The van der Waals surface area contributed by atoms with E-state index in [4.69, 9.17) is 15.6 Å². The van der Waals surface area contributed by atoms with Crippen LogP contribution < -0.4 is 20.7 Å². The molecule has 1 aliphatic heterocycles. The third-order valence-corrected chi connectivity index (χ3v) is 7.74. The minimum absolute atomic E-state index is 0.0124. The van der Waals surface area contributed by atoms with Gasteiger partial charge in [0.05, 0.1) is 25.0 Å². The summed E-state index contributed by atoms with van der Waals surface area (Å²) in [5.74, 6) is -0.747. The number of benzene rings is 3. The van der Waals surface area contributed by atoms with Gasteiger partial charge < -0.3 is 30.9 Å². The first-order valence-corrected chi connectivity index (χ1v) is 14.4. The predicted octanol–water partition coefficient (Wildman–Crippen LogP) is 3.67. The normalized spacial score (nSPS) is 16.7. The Labute approximate surface area is 255 Å². The topological polar surface area (TPSA) is 156 Å². The van der Waals surface area contributed by atoms with Crippen LogP contribution in [0, 0.1) is 5.92 Å². The Morgan fingerprint density at radius 2 is 1.95 bits per heavy atom. The number of carbonyl (C=O) groups excluding carboxylic acids is 2. The van der Waals surface area contributed by atoms with Crippen LogP contribution in [0.4, 0.5) is 17.1 Å². The van der Waals surface area contributed by atoms with Crippen molar-refractivity contribution in [3.63, 3.8) is 0 Å². The summed E-state index contributed by atoms with van der Waals surface area (Å²) in [6, 6.07) is 19.2. The SMILES string of the molecule is COc1ccc2c(c1)[C@@](O)([C@H](C)/C=C/CCn1cc(CCO)nn1)C(=O)N2Cc1cccc(NC(=O)c2ccc(N)cc2)c1. The van der Waals surface area contributed by atoms with Gasteiger partial charge in [-0.3, -0.25) is 14.3 Å². The van der Waals surface area contributed by atoms with E-state index in [0.717, 1.165) is 11.3 Å². The maximum atomic E-state index is 14.0. The van der Waals surface area contributed by atoms with Crippen LogP contribution in [0.3, 0.4) is 0 Å². The molecule has 0 saturated heterocycles. The molecule has 2 heterocycles. The summed E-state index contributed by atoms with van der Waals surface area (Å²) in [5, 5.41) is 32.1. The van der Waals surface area contributed by atoms with Gasteiger partial charge in [-0.1, -0.05) is 36.4 Å². The van der Waals surface area contributed by atoms with Gasteiger partial charge in [-0.15, -0.1) is 5.10 Å². The van der Waals surface area contributed by atoms with Crippen molar-refractivity contribution in [2.75, 3.05) is 29.7 Å². The number of methoxy groups -OCH3 is 1. The molecule has 0 bridgehead atoms. The number of nitrogens with one attached hydrogen (secondary N) is 1. The summed E-state index contributed by atoms with van der Waals surface area (Å²) in [6.45, 7) is 2.57. The van der Waals surface area contributed by atoms with Crippen molar-refractivity contribution in [3.8, 4) is 5.75 Å². The van der Waals surface area contributed by atoms with Gasteiger partial charge >= 0.3 is 0 Å². The molecule has 5 rings (SSSR count). The Morgan fingerprint density at radius 1 is 1.16 bits per heavy atom. The van der Waals surface area contributed by atoms with Crippen LogP contribution in [0.25, 0.3) is 0 Å². The first-order valence-electron chi connectivity index (χ1n) is 14.4. The number of hydrogen-bond donors (Lipinski definition) is 4. The number of amides is 2. The molecular weight excluding hydrogens is 560 g/mol. The van der Waals surface area contributed by atoms with Gasteiger partial charge in [-0.05, 0) is 66.6 Å². The van der Waals surface area contributed by atoms with Gasteiger partial charge in [0.15, 0.2) is 5.60 Å². The molecule has 3 aromatic carbocycles. The summed E-state index contributed by atoms with van der Waals surface area (Å²) < 4.78 is 7.12. The quantitative estimate of drug-likeness (QED) is 0.143. The molecular formula is C33H36N6O5. The minimum Gasteiger partial charge on any atom is -0.497 e. The summed E-state index contributed by atoms with van der Waals surface area (Å²) in [7, 11) is 1.54. The van der Waals surface area contributed by atoms with Gasteiger partial charge in [-0.2, -0.15) is 0 Å². The Hall–Kier alpha value is -5.00. The van der Waals surface area contributed by atoms with Crippen LogP contribution in [0.15, 0.2) is 85.1 Å². The number of aliphatic hydroxyl groups excluding tert-OH is 1. The number of fused-ring (bicyclic) bond motifs is 1. The fourth-order valence-electron chi connectivity index (χ4n) is 5.30. The number of nitrogen functional groups attached to an aromatic ring is 1. The zero-order valence-electron chi connectivity index (χ0n) is 24.7. The second kappa shape index (κ2) is 13.1. The summed E-state index contributed by atoms with van der Waals surface area (Å²) in [6.07, 6.45) is 6.60. The van der Waals surface area contributed by atoms with Crippen LogP contribution in [-0.4, -0.2) is 50.7 Å². The van der Waals surface area contributed by atoms with Crippen molar-refractivity contribution < 1.29 is 24.5 Å². The van der Waals surface area contributed by atoms with Gasteiger partial charge in [-0.25, -0.2) is 0 Å². The number of anilines is 3. The largest absolute Gasteiger partial charge is 0.497 e. The zero-order valence-corrected chi connectivity index (χ0v) is 24.7. The predicted molar refractivity (Wildman–Crippen MR) is 167 cm³/mol. The monoisotopic (exact) mass is 596 g/mol. The number of hydrogen-bond acceptors (Lipinski definition) is 8. The molecule has 11 heteroatoms. The Kier molecular flexibility index (Phi) is 9.07. The first-order chi connectivity index (χ1) is 21.2. The van der Waals surface area contributed by atoms with Crippen molar-refractivity contribution in [2.24, 2.45) is 5.92 Å². The van der Waals surface area contributed by atoms with E-state index < -0.39 is 17.4 Å². The lowest BCUT2D eigenvalue weighted by Gasteiger charge is -2.28. The van der Waals surface area contributed by atoms with Gasteiger partial charge in [0.2, 0.25) is 0 Å². The molecule has 4 aromatic rings. The molecule has 1 aromatic heterocycles. The highest BCUT2D eigenvalue weighted by molar-refractivity contribution is 6.07. The number of aliphatic hydroxyl groups is 2. The van der Waals surface area contributed by atoms with Crippen molar-refractivity contribution in [1.29, 1.82) is 0 Å². The molecule has 2 amide bonds. The third-order valence-electron chi connectivity index (χ3n) is 7.74. The van der Waals surface area contributed by atoms with Gasteiger partial charge in [0.1, 0.15) is 5.75 Å². The first kappa shape index (κ1) is 30.5. The van der Waals surface area contributed by atoms with E-state index in [0.29, 0.717) is 53.3 Å². The molecule has 44 heavy (non-hydrogen) atoms. The highest BCUT2D eigenvalue weighted by Crippen LogP contribution is 2.47. The Balaban J connectivity index is 1.33. The molecule has 1 aliphatic rings. The van der Waals surface area contributed by atoms with Crippen LogP contribution in [0.1, 0.15) is 40.5 Å². The van der Waals surface area contributed by atoms with E-state index in [-0.39, 0.29) is 19.1 Å². The molecule has 11 nitrogen and oxygen atoms in total. The van der Waals surface area contributed by atoms with E-state index >= 15 is 0 Å². The molecule has 0 fully saturated rings. The van der Waals surface area contributed by atoms with Crippen LogP contribution in [-0.2, 0) is 29.9 Å². The molecule has 2 atom stereocenters. The second-order valence-electron chi connectivity index (χ2n) is 10.8. The average Bonchev–Trinajstić information content (AvgIpc) is 3.56. The van der Waals surface area contributed by atoms with Crippen LogP contribution in [0.5, 0.6) is 5.75 Å². The molecule has 228 valence electrons. The number of aromatic nitrogens is 3. The number of aryl methyl sites for hydroxylation is 1. The molecule has 0 radical (unpaired) electrons. The van der Waals surface area contributed by atoms with Crippen LogP contribution >= 0.6 is 0 Å². The van der Waals surface area contributed by atoms with E-state index in [9.17, 15) is 14.7 Å². The van der Waals surface area contributed by atoms with Crippen molar-refractivity contribution >= 4 is 28.9 Å². The lowest BCUT2D eigenvalue weighted by Crippen LogP contribution is -2.44. The van der Waals surface area contributed by atoms with Crippen molar-refractivity contribution in [1.82, 2.24) is 15.0 Å². The number of nitrogens with two attached hydrogens (primary N) is 1. The second-order valence-corrected chi connectivity index (χ2v) is 10.8. The number of allylic oxidation sites excluding steroid dienone is 1. The number of nitrogens with zero attached hydrogens (tertiary/aromatic N) is 4. The van der Waals surface area contributed by atoms with E-state index in [1.807, 2.05) is 37.3 Å². The summed E-state index contributed by atoms with van der Waals surface area (Å²) in [5.41, 5.74) is 8.09. The molecule has 0 saturated carbocycles. The number of carbonyl (C=O) groups is 2. The van der Waals surface area contributed by atoms with E-state index in [1.165, 1.54) is 0 Å². The third kappa shape index (κ3) is 6.34. The molecule has 0 spiro atoms. The fourth-order valence-corrected chi connectivity index (χ4v) is 5.30. The fraction of sp³-hybridized carbons (Fsp3) is 0.273. The molecule has 5 N–H and O–H groups in total. The minimum atomic E-state index is -1.82. The lowest BCUT2D eigenvalue weighted by atomic mass is 9.83. The lowest BCUT2D eigenvalue weighted by molar-refractivity contribution is -0.139. The van der Waals surface area contributed by atoms with E-state index in [1.54, 1.807) is 71.4 Å². The summed E-state index contributed by atoms with van der Waals surface area (Å²) >= 11 is 0. The highest BCUT2D eigenvalue weighted by Gasteiger charge is 2.52.